The summed E-state index contributed by atoms with van der Waals surface area (Å²) < 4.78 is 13.5. The highest BCUT2D eigenvalue weighted by Gasteiger charge is 2.26. The van der Waals surface area contributed by atoms with Crippen molar-refractivity contribution in [3.63, 3.8) is 0 Å². The zero-order chi connectivity index (χ0) is 19.6. The highest BCUT2D eigenvalue weighted by atomic mass is 32.2. The number of nitrogens with one attached hydrogen (secondary N) is 1. The quantitative estimate of drug-likeness (QED) is 0.874. The van der Waals surface area contributed by atoms with Gasteiger partial charge >= 0.3 is 0 Å². The van der Waals surface area contributed by atoms with E-state index in [1.165, 1.54) is 0 Å². The van der Waals surface area contributed by atoms with Crippen LogP contribution >= 0.6 is 0 Å². The number of nitrogens with zero attached hydrogens (tertiary/aromatic N) is 3. The van der Waals surface area contributed by atoms with Crippen molar-refractivity contribution in [2.24, 2.45) is 0 Å². The number of hydrogen-bond donors (Lipinski definition) is 1. The van der Waals surface area contributed by atoms with Gasteiger partial charge in [0.2, 0.25) is 5.91 Å². The van der Waals surface area contributed by atoms with Gasteiger partial charge in [0.25, 0.3) is 0 Å². The molecule has 7 heteroatoms. The molecule has 0 radical (unpaired) electrons. The van der Waals surface area contributed by atoms with E-state index in [0.29, 0.717) is 30.4 Å². The predicted octanol–water partition coefficient (Wildman–Crippen LogP) is 2.56. The molecule has 0 bridgehead atoms. The van der Waals surface area contributed by atoms with Crippen molar-refractivity contribution in [1.82, 2.24) is 14.7 Å². The van der Waals surface area contributed by atoms with E-state index < -0.39 is 10.8 Å². The molecular weight excluding hydrogens is 360 g/mol. The Balaban J connectivity index is 1.80. The molecule has 6 nitrogen and oxygen atoms in total. The molecule has 1 aromatic carbocycles. The van der Waals surface area contributed by atoms with Gasteiger partial charge in [0.05, 0.1) is 17.9 Å². The van der Waals surface area contributed by atoms with Crippen molar-refractivity contribution in [2.75, 3.05) is 29.9 Å². The molecule has 1 aliphatic heterocycles. The highest BCUT2D eigenvalue weighted by Crippen LogP contribution is 2.26. The monoisotopic (exact) mass is 388 g/mol. The van der Waals surface area contributed by atoms with E-state index in [1.54, 1.807) is 4.68 Å². The fraction of sp³-hybridized carbons (Fsp3) is 0.500. The summed E-state index contributed by atoms with van der Waals surface area (Å²) in [6, 6.07) is 11.9. The summed E-state index contributed by atoms with van der Waals surface area (Å²) in [6.45, 7) is 9.31. The van der Waals surface area contributed by atoms with Gasteiger partial charge in [-0.15, -0.1) is 0 Å². The summed E-state index contributed by atoms with van der Waals surface area (Å²) in [4.78, 5) is 14.8. The number of benzene rings is 1. The Kier molecular flexibility index (Phi) is 5.81. The average Bonchev–Trinajstić information content (AvgIpc) is 3.02. The first kappa shape index (κ1) is 19.8. The Morgan fingerprint density at radius 2 is 2.00 bits per heavy atom. The molecule has 2 atom stereocenters. The van der Waals surface area contributed by atoms with Crippen LogP contribution in [0.2, 0.25) is 0 Å². The smallest absolute Gasteiger partial charge is 0.239 e. The zero-order valence-corrected chi connectivity index (χ0v) is 17.3. The van der Waals surface area contributed by atoms with Crippen LogP contribution in [0.5, 0.6) is 0 Å². The molecule has 1 aliphatic rings. The third-order valence-corrected chi connectivity index (χ3v) is 6.24. The first-order valence-electron chi connectivity index (χ1n) is 9.29. The minimum Gasteiger partial charge on any atom is -0.309 e. The standard InChI is InChI=1S/C20H28N4O2S/c1-15-14-27(26)11-10-23(15)13-19(25)21-18-12-17(20(2,3)4)22-24(18)16-8-6-5-7-9-16/h5-9,12,15H,10-11,13-14H2,1-4H3,(H,21,25). The molecule has 0 spiro atoms. The molecule has 27 heavy (non-hydrogen) atoms. The Labute approximate surface area is 163 Å². The Hall–Kier alpha value is -1.99. The number of hydrogen-bond acceptors (Lipinski definition) is 4. The first-order valence-corrected chi connectivity index (χ1v) is 10.8. The number of rotatable bonds is 4. The van der Waals surface area contributed by atoms with Crippen molar-refractivity contribution in [2.45, 2.75) is 39.2 Å². The second-order valence-corrected chi connectivity index (χ2v) is 9.71. The van der Waals surface area contributed by atoms with Gasteiger partial charge in [-0.3, -0.25) is 13.9 Å². The van der Waals surface area contributed by atoms with Gasteiger partial charge in [0.1, 0.15) is 5.82 Å². The first-order chi connectivity index (χ1) is 12.7. The number of amides is 1. The van der Waals surface area contributed by atoms with Crippen LogP contribution in [0.4, 0.5) is 5.82 Å². The van der Waals surface area contributed by atoms with Crippen LogP contribution in [0.25, 0.3) is 5.69 Å². The summed E-state index contributed by atoms with van der Waals surface area (Å²) in [5.41, 5.74) is 1.71. The maximum Gasteiger partial charge on any atom is 0.239 e. The molecule has 146 valence electrons. The summed E-state index contributed by atoms with van der Waals surface area (Å²) in [5.74, 6) is 1.85. The Morgan fingerprint density at radius 3 is 2.63 bits per heavy atom. The average molecular weight is 389 g/mol. The fourth-order valence-corrected chi connectivity index (χ4v) is 4.46. The SMILES string of the molecule is CC1CS(=O)CCN1CC(=O)Nc1cc(C(C)(C)C)nn1-c1ccccc1. The van der Waals surface area contributed by atoms with Crippen LogP contribution in [0.3, 0.4) is 0 Å². The van der Waals surface area contributed by atoms with Crippen molar-refractivity contribution in [1.29, 1.82) is 0 Å². The van der Waals surface area contributed by atoms with Crippen LogP contribution in [0.1, 0.15) is 33.4 Å². The van der Waals surface area contributed by atoms with Gasteiger partial charge in [-0.25, -0.2) is 4.68 Å². The lowest BCUT2D eigenvalue weighted by Crippen LogP contribution is -2.48. The van der Waals surface area contributed by atoms with E-state index >= 15 is 0 Å². The molecule has 2 heterocycles. The van der Waals surface area contributed by atoms with Gasteiger partial charge in [0.15, 0.2) is 0 Å². The van der Waals surface area contributed by atoms with E-state index in [9.17, 15) is 9.00 Å². The van der Waals surface area contributed by atoms with Crippen LogP contribution in [-0.2, 0) is 21.0 Å². The van der Waals surface area contributed by atoms with Gasteiger partial charge in [-0.1, -0.05) is 39.0 Å². The Morgan fingerprint density at radius 1 is 1.30 bits per heavy atom. The number of carbonyl (C=O) groups excluding carboxylic acids is 1. The number of carbonyl (C=O) groups is 1. The van der Waals surface area contributed by atoms with E-state index in [2.05, 4.69) is 31.0 Å². The van der Waals surface area contributed by atoms with Crippen LogP contribution in [-0.4, -0.2) is 55.4 Å². The lowest BCUT2D eigenvalue weighted by molar-refractivity contribution is -0.117. The second kappa shape index (κ2) is 7.94. The molecule has 0 aliphatic carbocycles. The number of anilines is 1. The predicted molar refractivity (Wildman–Crippen MR) is 110 cm³/mol. The number of aromatic nitrogens is 2. The molecule has 1 fully saturated rings. The van der Waals surface area contributed by atoms with Crippen LogP contribution in [0, 0.1) is 0 Å². The number of para-hydroxylation sites is 1. The molecule has 1 aromatic heterocycles. The summed E-state index contributed by atoms with van der Waals surface area (Å²) in [5, 5.41) is 7.75. The summed E-state index contributed by atoms with van der Waals surface area (Å²) >= 11 is 0. The van der Waals surface area contributed by atoms with Crippen LogP contribution in [0.15, 0.2) is 36.4 Å². The minimum atomic E-state index is -0.767. The molecule has 2 aromatic rings. The maximum absolute atomic E-state index is 12.7. The molecular formula is C20H28N4O2S. The molecule has 1 amide bonds. The third kappa shape index (κ3) is 4.84. The summed E-state index contributed by atoms with van der Waals surface area (Å²) in [7, 11) is -0.767. The van der Waals surface area contributed by atoms with E-state index in [4.69, 9.17) is 5.10 Å². The molecule has 3 rings (SSSR count). The van der Waals surface area contributed by atoms with Gasteiger partial charge in [-0.2, -0.15) is 5.10 Å². The Bertz CT molecular complexity index is 826. The van der Waals surface area contributed by atoms with Gasteiger partial charge < -0.3 is 5.32 Å². The third-order valence-electron chi connectivity index (χ3n) is 4.75. The van der Waals surface area contributed by atoms with E-state index in [-0.39, 0.29) is 17.4 Å². The minimum absolute atomic E-state index is 0.0768. The molecule has 2 unspecified atom stereocenters. The maximum atomic E-state index is 12.7. The van der Waals surface area contributed by atoms with Crippen molar-refractivity contribution in [3.8, 4) is 5.69 Å². The topological polar surface area (TPSA) is 67.2 Å². The second-order valence-electron chi connectivity index (χ2n) is 8.09. The zero-order valence-electron chi connectivity index (χ0n) is 16.4. The molecule has 1 saturated heterocycles. The van der Waals surface area contributed by atoms with Crippen molar-refractivity contribution >= 4 is 22.5 Å². The molecule has 0 saturated carbocycles. The van der Waals surface area contributed by atoms with E-state index in [0.717, 1.165) is 11.4 Å². The largest absolute Gasteiger partial charge is 0.309 e. The van der Waals surface area contributed by atoms with Crippen LogP contribution < -0.4 is 5.32 Å². The lowest BCUT2D eigenvalue weighted by Gasteiger charge is -2.32. The highest BCUT2D eigenvalue weighted by molar-refractivity contribution is 7.85. The van der Waals surface area contributed by atoms with Crippen molar-refractivity contribution in [3.05, 3.63) is 42.1 Å². The normalized spacial score (nSPS) is 21.2. The van der Waals surface area contributed by atoms with Gasteiger partial charge in [-0.05, 0) is 19.1 Å². The fourth-order valence-electron chi connectivity index (χ4n) is 3.10. The molecule has 1 N–H and O–H groups in total. The van der Waals surface area contributed by atoms with Gasteiger partial charge in [0, 0.05) is 46.4 Å². The lowest BCUT2D eigenvalue weighted by atomic mass is 9.92. The van der Waals surface area contributed by atoms with E-state index in [1.807, 2.05) is 43.3 Å². The van der Waals surface area contributed by atoms with Crippen molar-refractivity contribution < 1.29 is 9.00 Å². The summed E-state index contributed by atoms with van der Waals surface area (Å²) in [6.07, 6.45) is 0.